The molecule has 5 heteroatoms. The summed E-state index contributed by atoms with van der Waals surface area (Å²) in [6.45, 7) is 2.71. The third-order valence-corrected chi connectivity index (χ3v) is 2.65. The summed E-state index contributed by atoms with van der Waals surface area (Å²) in [6.07, 6.45) is 3.34. The molecule has 1 amide bonds. The normalized spacial score (nSPS) is 11.6. The van der Waals surface area contributed by atoms with Crippen molar-refractivity contribution in [2.75, 3.05) is 6.54 Å². The van der Waals surface area contributed by atoms with Gasteiger partial charge in [0, 0.05) is 17.6 Å². The van der Waals surface area contributed by atoms with Crippen molar-refractivity contribution in [3.05, 3.63) is 29.6 Å². The van der Waals surface area contributed by atoms with E-state index in [0.29, 0.717) is 22.6 Å². The number of nitrogens with zero attached hydrogens (tertiary/aromatic N) is 2. The molecule has 0 aliphatic rings. The molecule has 90 valence electrons. The Balaban J connectivity index is 2.39. The molecule has 0 bridgehead atoms. The van der Waals surface area contributed by atoms with E-state index in [-0.39, 0.29) is 5.91 Å². The summed E-state index contributed by atoms with van der Waals surface area (Å²) in [6, 6.07) is 5.10. The van der Waals surface area contributed by atoms with Gasteiger partial charge < -0.3 is 5.32 Å². The maximum atomic E-state index is 11.6. The summed E-state index contributed by atoms with van der Waals surface area (Å²) < 4.78 is 0. The fraction of sp³-hybridized carbons (Fsp3) is 0.417. The highest BCUT2D eigenvalue weighted by Gasteiger charge is 2.06. The van der Waals surface area contributed by atoms with Crippen LogP contribution in [0.4, 0.5) is 0 Å². The highest BCUT2D eigenvalue weighted by atomic mass is 79.9. The van der Waals surface area contributed by atoms with Gasteiger partial charge in [0.05, 0.1) is 5.56 Å². The molecular formula is C12H14BrN3O. The van der Waals surface area contributed by atoms with Crippen LogP contribution in [0.25, 0.3) is 0 Å². The van der Waals surface area contributed by atoms with Crippen LogP contribution >= 0.6 is 15.9 Å². The van der Waals surface area contributed by atoms with Crippen molar-refractivity contribution in [1.29, 1.82) is 5.26 Å². The van der Waals surface area contributed by atoms with Gasteiger partial charge in [-0.25, -0.2) is 4.98 Å². The Labute approximate surface area is 109 Å². The van der Waals surface area contributed by atoms with E-state index >= 15 is 0 Å². The van der Waals surface area contributed by atoms with Gasteiger partial charge in [-0.15, -0.1) is 0 Å². The number of nitrogens with one attached hydrogen (secondary N) is 1. The van der Waals surface area contributed by atoms with Crippen molar-refractivity contribution >= 4 is 21.8 Å². The van der Waals surface area contributed by atoms with E-state index in [1.807, 2.05) is 6.07 Å². The third-order valence-electron chi connectivity index (χ3n) is 2.19. The van der Waals surface area contributed by atoms with Crippen molar-refractivity contribution in [1.82, 2.24) is 10.3 Å². The average molecular weight is 296 g/mol. The maximum Gasteiger partial charge on any atom is 0.269 e. The molecule has 1 atom stereocenters. The first kappa shape index (κ1) is 13.7. The lowest BCUT2D eigenvalue weighted by Crippen LogP contribution is -2.25. The smallest absolute Gasteiger partial charge is 0.269 e. The number of hydrogen-bond acceptors (Lipinski definition) is 3. The van der Waals surface area contributed by atoms with Crippen molar-refractivity contribution in [3.8, 4) is 6.07 Å². The Bertz CT molecular complexity index is 409. The number of carbonyl (C=O) groups excluding carboxylic acids is 1. The number of nitriles is 1. The van der Waals surface area contributed by atoms with Gasteiger partial charge in [0.2, 0.25) is 0 Å². The zero-order chi connectivity index (χ0) is 12.7. The molecule has 0 saturated carbocycles. The molecule has 1 aromatic heterocycles. The molecule has 0 saturated heterocycles. The highest BCUT2D eigenvalue weighted by molar-refractivity contribution is 9.09. The lowest BCUT2D eigenvalue weighted by Gasteiger charge is -2.05. The molecule has 1 N–H and O–H groups in total. The minimum Gasteiger partial charge on any atom is -0.351 e. The first-order valence-electron chi connectivity index (χ1n) is 5.42. The molecule has 0 fully saturated rings. The molecule has 1 aromatic rings. The van der Waals surface area contributed by atoms with Gasteiger partial charge in [0.15, 0.2) is 0 Å². The summed E-state index contributed by atoms with van der Waals surface area (Å²) in [5.41, 5.74) is 0.797. The van der Waals surface area contributed by atoms with E-state index in [1.165, 1.54) is 6.20 Å². The van der Waals surface area contributed by atoms with Crippen LogP contribution in [0.5, 0.6) is 0 Å². The van der Waals surface area contributed by atoms with Gasteiger partial charge in [-0.1, -0.05) is 22.9 Å². The predicted molar refractivity (Wildman–Crippen MR) is 68.9 cm³/mol. The number of alkyl halides is 1. The van der Waals surface area contributed by atoms with Crippen LogP contribution in [0.3, 0.4) is 0 Å². The minimum absolute atomic E-state index is 0.197. The number of carbonyl (C=O) groups is 1. The fourth-order valence-electron chi connectivity index (χ4n) is 1.27. The SMILES string of the molecule is CC(Br)CCCNC(=O)c1ccc(C#N)cn1. The van der Waals surface area contributed by atoms with Crippen LogP contribution in [-0.2, 0) is 0 Å². The Hall–Kier alpha value is -1.41. The number of aromatic nitrogens is 1. The maximum absolute atomic E-state index is 11.6. The standard InChI is InChI=1S/C12H14BrN3O/c1-9(13)3-2-6-15-12(17)11-5-4-10(7-14)8-16-11/h4-5,8-9H,2-3,6H2,1H3,(H,15,17). The summed E-state index contributed by atoms with van der Waals surface area (Å²) in [7, 11) is 0. The van der Waals surface area contributed by atoms with E-state index in [1.54, 1.807) is 12.1 Å². The summed E-state index contributed by atoms with van der Waals surface area (Å²) in [5, 5.41) is 11.4. The van der Waals surface area contributed by atoms with Gasteiger partial charge in [-0.2, -0.15) is 5.26 Å². The number of amides is 1. The van der Waals surface area contributed by atoms with Gasteiger partial charge >= 0.3 is 0 Å². The molecule has 0 radical (unpaired) electrons. The first-order valence-corrected chi connectivity index (χ1v) is 6.33. The Morgan fingerprint density at radius 3 is 2.94 bits per heavy atom. The van der Waals surface area contributed by atoms with E-state index < -0.39 is 0 Å². The van der Waals surface area contributed by atoms with E-state index in [2.05, 4.69) is 33.2 Å². The average Bonchev–Trinajstić information content (AvgIpc) is 2.34. The van der Waals surface area contributed by atoms with E-state index in [9.17, 15) is 4.79 Å². The Morgan fingerprint density at radius 2 is 2.41 bits per heavy atom. The van der Waals surface area contributed by atoms with Gasteiger partial charge in [-0.05, 0) is 25.0 Å². The Morgan fingerprint density at radius 1 is 1.65 bits per heavy atom. The Kier molecular flexibility index (Phi) is 5.64. The zero-order valence-electron chi connectivity index (χ0n) is 9.61. The van der Waals surface area contributed by atoms with Crippen LogP contribution in [0.15, 0.2) is 18.3 Å². The summed E-state index contributed by atoms with van der Waals surface area (Å²) >= 11 is 3.45. The molecule has 1 heterocycles. The van der Waals surface area contributed by atoms with Crippen LogP contribution in [0, 0.1) is 11.3 Å². The lowest BCUT2D eigenvalue weighted by atomic mass is 10.2. The van der Waals surface area contributed by atoms with Crippen LogP contribution in [0.2, 0.25) is 0 Å². The zero-order valence-corrected chi connectivity index (χ0v) is 11.2. The molecule has 0 aromatic carbocycles. The quantitative estimate of drug-likeness (QED) is 0.669. The van der Waals surface area contributed by atoms with Gasteiger partial charge in [0.25, 0.3) is 5.91 Å². The van der Waals surface area contributed by atoms with Gasteiger partial charge in [-0.3, -0.25) is 4.79 Å². The molecule has 17 heavy (non-hydrogen) atoms. The number of pyridine rings is 1. The number of hydrogen-bond donors (Lipinski definition) is 1. The second-order valence-corrected chi connectivity index (χ2v) is 5.29. The summed E-state index contributed by atoms with van der Waals surface area (Å²) in [4.78, 5) is 16.0. The van der Waals surface area contributed by atoms with Crippen molar-refractivity contribution < 1.29 is 4.79 Å². The van der Waals surface area contributed by atoms with E-state index in [0.717, 1.165) is 12.8 Å². The first-order chi connectivity index (χ1) is 8.13. The molecule has 0 aliphatic heterocycles. The molecule has 1 unspecified atom stereocenters. The van der Waals surface area contributed by atoms with Crippen LogP contribution < -0.4 is 5.32 Å². The van der Waals surface area contributed by atoms with E-state index in [4.69, 9.17) is 5.26 Å². The second-order valence-electron chi connectivity index (χ2n) is 3.72. The molecular weight excluding hydrogens is 282 g/mol. The summed E-state index contributed by atoms with van der Waals surface area (Å²) in [5.74, 6) is -0.197. The predicted octanol–water partition coefficient (Wildman–Crippen LogP) is 2.25. The lowest BCUT2D eigenvalue weighted by molar-refractivity contribution is 0.0948. The molecule has 0 spiro atoms. The van der Waals surface area contributed by atoms with Crippen LogP contribution in [-0.4, -0.2) is 22.3 Å². The molecule has 1 rings (SSSR count). The second kappa shape index (κ2) is 7.02. The fourth-order valence-corrected chi connectivity index (χ4v) is 1.59. The van der Waals surface area contributed by atoms with Gasteiger partial charge in [0.1, 0.15) is 11.8 Å². The van der Waals surface area contributed by atoms with Crippen LogP contribution in [0.1, 0.15) is 35.8 Å². The highest BCUT2D eigenvalue weighted by Crippen LogP contribution is 2.05. The molecule has 4 nitrogen and oxygen atoms in total. The molecule has 0 aliphatic carbocycles. The minimum atomic E-state index is -0.197. The number of rotatable bonds is 5. The van der Waals surface area contributed by atoms with Crippen molar-refractivity contribution in [3.63, 3.8) is 0 Å². The monoisotopic (exact) mass is 295 g/mol. The third kappa shape index (κ3) is 4.96. The topological polar surface area (TPSA) is 65.8 Å². The largest absolute Gasteiger partial charge is 0.351 e. The number of halogens is 1. The van der Waals surface area contributed by atoms with Crippen molar-refractivity contribution in [2.45, 2.75) is 24.6 Å². The van der Waals surface area contributed by atoms with Crippen molar-refractivity contribution in [2.24, 2.45) is 0 Å².